The summed E-state index contributed by atoms with van der Waals surface area (Å²) in [6.45, 7) is 3.66. The van der Waals surface area contributed by atoms with E-state index >= 15 is 0 Å². The second kappa shape index (κ2) is 7.13. The van der Waals surface area contributed by atoms with Crippen molar-refractivity contribution in [1.29, 1.82) is 0 Å². The maximum atomic E-state index is 12.2. The van der Waals surface area contributed by atoms with Crippen LogP contribution in [0.5, 0.6) is 0 Å². The number of benzene rings is 1. The van der Waals surface area contributed by atoms with E-state index in [0.29, 0.717) is 17.5 Å². The van der Waals surface area contributed by atoms with Gasteiger partial charge in [-0.25, -0.2) is 9.59 Å². The van der Waals surface area contributed by atoms with Crippen LogP contribution < -0.4 is 11.1 Å². The third kappa shape index (κ3) is 4.00. The fourth-order valence-corrected chi connectivity index (χ4v) is 2.38. The number of carbonyl (C=O) groups is 2. The van der Waals surface area contributed by atoms with E-state index in [4.69, 9.17) is 9.15 Å². The molecule has 0 bridgehead atoms. The van der Waals surface area contributed by atoms with Crippen molar-refractivity contribution in [2.24, 2.45) is 5.92 Å². The zero-order valence-corrected chi connectivity index (χ0v) is 13.4. The highest BCUT2D eigenvalue weighted by atomic mass is 16.5. The molecule has 1 N–H and O–H groups in total. The Morgan fingerprint density at radius 3 is 2.65 bits per heavy atom. The van der Waals surface area contributed by atoms with Crippen LogP contribution in [0.15, 0.2) is 33.5 Å². The van der Waals surface area contributed by atoms with Crippen LogP contribution in [-0.4, -0.2) is 29.6 Å². The standard InChI is InChI=1S/C16H20N2O5/c1-10(2)8-11(15(20)22-3)17-14(19)9-18-12-6-4-5-7-13(12)23-16(18)21/h4-7,10-11H,8-9H2,1-3H3,(H,17,19). The van der Waals surface area contributed by atoms with Gasteiger partial charge in [0, 0.05) is 0 Å². The van der Waals surface area contributed by atoms with Crippen LogP contribution in [-0.2, 0) is 20.9 Å². The van der Waals surface area contributed by atoms with Gasteiger partial charge in [0.15, 0.2) is 5.58 Å². The van der Waals surface area contributed by atoms with E-state index in [-0.39, 0.29) is 12.5 Å². The van der Waals surface area contributed by atoms with Gasteiger partial charge in [-0.2, -0.15) is 0 Å². The van der Waals surface area contributed by atoms with Crippen LogP contribution in [0.3, 0.4) is 0 Å². The maximum Gasteiger partial charge on any atom is 0.420 e. The van der Waals surface area contributed by atoms with Crippen LogP contribution >= 0.6 is 0 Å². The third-order valence-corrected chi connectivity index (χ3v) is 3.40. The van der Waals surface area contributed by atoms with Crippen LogP contribution in [0.4, 0.5) is 0 Å². The highest BCUT2D eigenvalue weighted by molar-refractivity contribution is 5.85. The van der Waals surface area contributed by atoms with E-state index in [2.05, 4.69) is 5.32 Å². The summed E-state index contributed by atoms with van der Waals surface area (Å²) in [5.41, 5.74) is 0.947. The maximum absolute atomic E-state index is 12.2. The number of fused-ring (bicyclic) bond motifs is 1. The second-order valence-electron chi connectivity index (χ2n) is 5.69. The fourth-order valence-electron chi connectivity index (χ4n) is 2.38. The number of nitrogens with one attached hydrogen (secondary N) is 1. The molecule has 2 aromatic rings. The molecule has 7 heteroatoms. The molecule has 0 aliphatic rings. The quantitative estimate of drug-likeness (QED) is 0.810. The molecule has 0 aliphatic carbocycles. The number of aromatic nitrogens is 1. The molecule has 1 amide bonds. The lowest BCUT2D eigenvalue weighted by atomic mass is 10.0. The molecule has 1 aromatic heterocycles. The van der Waals surface area contributed by atoms with Crippen molar-refractivity contribution in [3.8, 4) is 0 Å². The predicted octanol–water partition coefficient (Wildman–Crippen LogP) is 1.30. The molecule has 0 saturated heterocycles. The molecule has 0 spiro atoms. The highest BCUT2D eigenvalue weighted by Crippen LogP contribution is 2.12. The van der Waals surface area contributed by atoms with Gasteiger partial charge >= 0.3 is 11.7 Å². The number of hydrogen-bond donors (Lipinski definition) is 1. The highest BCUT2D eigenvalue weighted by Gasteiger charge is 2.23. The van der Waals surface area contributed by atoms with Crippen LogP contribution in [0.25, 0.3) is 11.1 Å². The number of ether oxygens (including phenoxy) is 1. The molecular formula is C16H20N2O5. The van der Waals surface area contributed by atoms with Gasteiger partial charge in [0.25, 0.3) is 0 Å². The molecule has 0 saturated carbocycles. The lowest BCUT2D eigenvalue weighted by Crippen LogP contribution is -2.44. The Morgan fingerprint density at radius 2 is 2.00 bits per heavy atom. The summed E-state index contributed by atoms with van der Waals surface area (Å²) in [6, 6.07) is 6.11. The Hall–Kier alpha value is -2.57. The number of amides is 1. The van der Waals surface area contributed by atoms with E-state index in [0.717, 1.165) is 0 Å². The normalized spacial score (nSPS) is 12.3. The topological polar surface area (TPSA) is 90.5 Å². The average molecular weight is 320 g/mol. The van der Waals surface area contributed by atoms with Crippen molar-refractivity contribution in [2.45, 2.75) is 32.9 Å². The smallest absolute Gasteiger partial charge is 0.420 e. The van der Waals surface area contributed by atoms with E-state index in [9.17, 15) is 14.4 Å². The number of rotatable bonds is 6. The monoisotopic (exact) mass is 320 g/mol. The summed E-state index contributed by atoms with van der Waals surface area (Å²) in [4.78, 5) is 35.8. The Labute approximate surface area is 133 Å². The summed E-state index contributed by atoms with van der Waals surface area (Å²) >= 11 is 0. The van der Waals surface area contributed by atoms with E-state index in [1.54, 1.807) is 24.3 Å². The Bertz CT molecular complexity index is 759. The van der Waals surface area contributed by atoms with Crippen molar-refractivity contribution >= 4 is 23.0 Å². The first kappa shape index (κ1) is 16.8. The number of para-hydroxylation sites is 2. The van der Waals surface area contributed by atoms with Crippen molar-refractivity contribution in [3.63, 3.8) is 0 Å². The van der Waals surface area contributed by atoms with Gasteiger partial charge in [-0.1, -0.05) is 26.0 Å². The first-order valence-electron chi connectivity index (χ1n) is 7.38. The molecule has 124 valence electrons. The van der Waals surface area contributed by atoms with Crippen LogP contribution in [0.2, 0.25) is 0 Å². The molecule has 1 heterocycles. The molecule has 0 fully saturated rings. The zero-order chi connectivity index (χ0) is 17.0. The molecule has 1 atom stereocenters. The minimum atomic E-state index is -0.735. The predicted molar refractivity (Wildman–Crippen MR) is 83.9 cm³/mol. The van der Waals surface area contributed by atoms with E-state index < -0.39 is 23.7 Å². The molecule has 7 nitrogen and oxygen atoms in total. The molecular weight excluding hydrogens is 300 g/mol. The van der Waals surface area contributed by atoms with Gasteiger partial charge in [-0.3, -0.25) is 9.36 Å². The number of hydrogen-bond acceptors (Lipinski definition) is 5. The van der Waals surface area contributed by atoms with Crippen molar-refractivity contribution in [2.75, 3.05) is 7.11 Å². The molecule has 0 radical (unpaired) electrons. The molecule has 2 rings (SSSR count). The van der Waals surface area contributed by atoms with Crippen LogP contribution in [0, 0.1) is 5.92 Å². The van der Waals surface area contributed by atoms with Gasteiger partial charge in [0.2, 0.25) is 5.91 Å². The summed E-state index contributed by atoms with van der Waals surface area (Å²) in [5, 5.41) is 2.61. The van der Waals surface area contributed by atoms with Gasteiger partial charge in [-0.05, 0) is 24.5 Å². The second-order valence-corrected chi connectivity index (χ2v) is 5.69. The number of methoxy groups -OCH3 is 1. The summed E-state index contributed by atoms with van der Waals surface area (Å²) < 4.78 is 11.0. The zero-order valence-electron chi connectivity index (χ0n) is 13.4. The van der Waals surface area contributed by atoms with E-state index in [1.807, 2.05) is 13.8 Å². The van der Waals surface area contributed by atoms with Gasteiger partial charge in [0.05, 0.1) is 12.6 Å². The van der Waals surface area contributed by atoms with Crippen molar-refractivity contribution in [1.82, 2.24) is 9.88 Å². The molecule has 1 aromatic carbocycles. The number of carbonyl (C=O) groups excluding carboxylic acids is 2. The van der Waals surface area contributed by atoms with Gasteiger partial charge < -0.3 is 14.5 Å². The van der Waals surface area contributed by atoms with Crippen molar-refractivity contribution in [3.05, 3.63) is 34.8 Å². The number of esters is 1. The summed E-state index contributed by atoms with van der Waals surface area (Å²) in [5.74, 6) is -1.36. The number of nitrogens with zero attached hydrogens (tertiary/aromatic N) is 1. The van der Waals surface area contributed by atoms with E-state index in [1.165, 1.54) is 11.7 Å². The fraction of sp³-hybridized carbons (Fsp3) is 0.438. The van der Waals surface area contributed by atoms with Crippen LogP contribution in [0.1, 0.15) is 20.3 Å². The van der Waals surface area contributed by atoms with Crippen molar-refractivity contribution < 1.29 is 18.7 Å². The largest absolute Gasteiger partial charge is 0.467 e. The summed E-state index contributed by atoms with van der Waals surface area (Å²) in [7, 11) is 1.27. The number of oxazole rings is 1. The Balaban J connectivity index is 2.15. The van der Waals surface area contributed by atoms with Gasteiger partial charge in [0.1, 0.15) is 12.6 Å². The lowest BCUT2D eigenvalue weighted by Gasteiger charge is -2.18. The Kier molecular flexibility index (Phi) is 5.20. The molecule has 23 heavy (non-hydrogen) atoms. The molecule has 0 aliphatic heterocycles. The van der Waals surface area contributed by atoms with Gasteiger partial charge in [-0.15, -0.1) is 0 Å². The SMILES string of the molecule is COC(=O)C(CC(C)C)NC(=O)Cn1c(=O)oc2ccccc21. The third-order valence-electron chi connectivity index (χ3n) is 3.40. The molecule has 1 unspecified atom stereocenters. The summed E-state index contributed by atoms with van der Waals surface area (Å²) in [6.07, 6.45) is 0.458. The minimum absolute atomic E-state index is 0.205. The Morgan fingerprint density at radius 1 is 1.30 bits per heavy atom. The average Bonchev–Trinajstić information content (AvgIpc) is 2.81. The lowest BCUT2D eigenvalue weighted by molar-refractivity contribution is -0.145. The first-order chi connectivity index (χ1) is 10.9. The first-order valence-corrected chi connectivity index (χ1v) is 7.38. The minimum Gasteiger partial charge on any atom is -0.467 e.